The van der Waals surface area contributed by atoms with Crippen LogP contribution in [0.3, 0.4) is 0 Å². The zero-order chi connectivity index (χ0) is 39.0. The largest absolute Gasteiger partial charge is 0.537 e. The fourth-order valence-corrected chi connectivity index (χ4v) is 19.7. The predicted molar refractivity (Wildman–Crippen MR) is 241 cm³/mol. The molecule has 0 radical (unpaired) electrons. The average molecular weight is 775 g/mol. The summed E-state index contributed by atoms with van der Waals surface area (Å²) < 4.78 is 15.9. The lowest BCUT2D eigenvalue weighted by atomic mass is 9.86. The van der Waals surface area contributed by atoms with E-state index in [9.17, 15) is 0 Å². The van der Waals surface area contributed by atoms with Crippen molar-refractivity contribution in [2.24, 2.45) is 0 Å². The maximum Gasteiger partial charge on any atom is 0.319 e. The van der Waals surface area contributed by atoms with Crippen LogP contribution in [0.15, 0.2) is 166 Å². The van der Waals surface area contributed by atoms with Crippen molar-refractivity contribution in [3.8, 4) is 0 Å². The monoisotopic (exact) mass is 774 g/mol. The van der Waals surface area contributed by atoms with Crippen LogP contribution in [0.4, 0.5) is 0 Å². The summed E-state index contributed by atoms with van der Waals surface area (Å²) >= 11 is 0. The highest BCUT2D eigenvalue weighted by atomic mass is 28.4. The summed E-state index contributed by atoms with van der Waals surface area (Å²) in [5.41, 5.74) is 9.54. The van der Waals surface area contributed by atoms with Crippen LogP contribution in [-0.2, 0) is 8.85 Å². The van der Waals surface area contributed by atoms with Crippen LogP contribution in [0.25, 0.3) is 0 Å². The maximum atomic E-state index is 7.95. The van der Waals surface area contributed by atoms with E-state index in [4.69, 9.17) is 8.85 Å². The Labute approximate surface area is 339 Å². The van der Waals surface area contributed by atoms with Gasteiger partial charge in [0.25, 0.3) is 0 Å². The van der Waals surface area contributed by atoms with Gasteiger partial charge < -0.3 is 8.85 Å². The lowest BCUT2D eigenvalue weighted by Gasteiger charge is -2.44. The van der Waals surface area contributed by atoms with Crippen molar-refractivity contribution in [1.29, 1.82) is 0 Å². The summed E-state index contributed by atoms with van der Waals surface area (Å²) in [6.07, 6.45) is 13.8. The zero-order valence-electron chi connectivity index (χ0n) is 34.8. The first-order chi connectivity index (χ1) is 27.0. The molecule has 8 rings (SSSR count). The highest BCUT2D eigenvalue weighted by Crippen LogP contribution is 2.50. The quantitative estimate of drug-likeness (QED) is 0.141. The molecule has 0 heterocycles. The lowest BCUT2D eigenvalue weighted by Crippen LogP contribution is -2.66. The topological polar surface area (TPSA) is 18.5 Å². The van der Waals surface area contributed by atoms with E-state index in [-0.39, 0.29) is 10.1 Å². The van der Waals surface area contributed by atoms with E-state index < -0.39 is 16.6 Å². The van der Waals surface area contributed by atoms with E-state index in [1.54, 1.807) is 22.3 Å². The Kier molecular flexibility index (Phi) is 10.8. The van der Waals surface area contributed by atoms with Crippen molar-refractivity contribution < 1.29 is 8.85 Å². The molecule has 56 heavy (non-hydrogen) atoms. The molecule has 0 aromatic heterocycles. The number of hydrogen-bond acceptors (Lipinski definition) is 2. The van der Waals surface area contributed by atoms with Crippen molar-refractivity contribution in [3.05, 3.63) is 166 Å². The van der Waals surface area contributed by atoms with Gasteiger partial charge in [0, 0.05) is 12.8 Å². The van der Waals surface area contributed by atoms with Crippen molar-refractivity contribution >= 4 is 37.4 Å². The molecule has 0 aliphatic heterocycles. The summed E-state index contributed by atoms with van der Waals surface area (Å²) in [5, 5.41) is 5.25. The Morgan fingerprint density at radius 1 is 0.411 bits per heavy atom. The van der Waals surface area contributed by atoms with Gasteiger partial charge in [-0.05, 0) is 117 Å². The minimum Gasteiger partial charge on any atom is -0.537 e. The van der Waals surface area contributed by atoms with Gasteiger partial charge in [0.05, 0.1) is 11.5 Å². The van der Waals surface area contributed by atoms with E-state index in [2.05, 4.69) is 163 Å². The Bertz CT molecular complexity index is 1910. The molecule has 290 valence electrons. The molecule has 0 N–H and O–H groups in total. The highest BCUT2D eigenvalue weighted by Gasteiger charge is 2.54. The molecule has 0 fully saturated rings. The van der Waals surface area contributed by atoms with E-state index in [1.165, 1.54) is 94.8 Å². The van der Waals surface area contributed by atoms with E-state index in [1.807, 2.05) is 0 Å². The number of hydrogen-bond donors (Lipinski definition) is 0. The standard InChI is InChI=1S/C52H62O2Si2/c1-51(2,3)55(41-25-11-7-12-26-41,42-27-13-8-14-28-42)53-49-37-39-23-19-21-33-45(39)47(49)35-36-48-46-34-22-20-24-40(46)38-50(48)54-56(52(4,5)6,43-29-15-9-16-30-43)44-31-17-10-18-32-44/h7-18,25-32H,19-24,33-38H2,1-6H3. The van der Waals surface area contributed by atoms with Gasteiger partial charge in [-0.25, -0.2) is 0 Å². The molecule has 0 atom stereocenters. The van der Waals surface area contributed by atoms with Gasteiger partial charge in [0.1, 0.15) is 0 Å². The van der Waals surface area contributed by atoms with E-state index in [0.29, 0.717) is 0 Å². The van der Waals surface area contributed by atoms with Gasteiger partial charge in [-0.15, -0.1) is 0 Å². The van der Waals surface area contributed by atoms with Crippen molar-refractivity contribution in [2.75, 3.05) is 0 Å². The summed E-state index contributed by atoms with van der Waals surface area (Å²) in [7, 11) is -5.55. The van der Waals surface area contributed by atoms with Gasteiger partial charge >= 0.3 is 16.6 Å². The van der Waals surface area contributed by atoms with Crippen LogP contribution in [0.1, 0.15) is 119 Å². The lowest BCUT2D eigenvalue weighted by molar-refractivity contribution is 0.379. The number of allylic oxidation sites excluding steroid dienone is 6. The number of benzene rings is 4. The first-order valence-electron chi connectivity index (χ1n) is 21.5. The van der Waals surface area contributed by atoms with Crippen LogP contribution < -0.4 is 20.7 Å². The molecule has 0 spiro atoms. The highest BCUT2D eigenvalue weighted by molar-refractivity contribution is 7.00. The third-order valence-corrected chi connectivity index (χ3v) is 23.2. The minimum absolute atomic E-state index is 0.0799. The summed E-state index contributed by atoms with van der Waals surface area (Å²) in [6.45, 7) is 14.5. The molecule has 0 saturated carbocycles. The smallest absolute Gasteiger partial charge is 0.319 e. The second kappa shape index (κ2) is 15.7. The summed E-state index contributed by atoms with van der Waals surface area (Å²) in [6, 6.07) is 44.9. The summed E-state index contributed by atoms with van der Waals surface area (Å²) in [4.78, 5) is 0. The maximum absolute atomic E-state index is 7.95. The van der Waals surface area contributed by atoms with E-state index >= 15 is 0 Å². The van der Waals surface area contributed by atoms with Crippen molar-refractivity contribution in [3.63, 3.8) is 0 Å². The normalized spacial score (nSPS) is 18.0. The first kappa shape index (κ1) is 38.7. The second-order valence-corrected chi connectivity index (χ2v) is 27.2. The Morgan fingerprint density at radius 3 is 0.982 bits per heavy atom. The van der Waals surface area contributed by atoms with Gasteiger partial charge in [0.2, 0.25) is 0 Å². The Hall–Kier alpha value is -4.13. The molecule has 0 amide bonds. The van der Waals surface area contributed by atoms with Crippen LogP contribution in [0.5, 0.6) is 0 Å². The SMILES string of the molecule is CC(C)(C)[Si](OC1=C(CCC2=C(O[Si](c3ccccc3)(c3ccccc3)C(C)(C)C)CC3=C2CCCC3)C2=C(CCCC2)C1)(c1ccccc1)c1ccccc1. The van der Waals surface area contributed by atoms with E-state index in [0.717, 1.165) is 25.7 Å². The second-order valence-electron chi connectivity index (χ2n) is 18.8. The average Bonchev–Trinajstić information content (AvgIpc) is 3.74. The molecule has 0 unspecified atom stereocenters. The van der Waals surface area contributed by atoms with Crippen molar-refractivity contribution in [2.45, 2.75) is 129 Å². The molecule has 0 bridgehead atoms. The molecular weight excluding hydrogens is 713 g/mol. The molecule has 2 nitrogen and oxygen atoms in total. The molecule has 4 aromatic rings. The Balaban J connectivity index is 1.24. The van der Waals surface area contributed by atoms with Crippen LogP contribution >= 0.6 is 0 Å². The molecular formula is C52H62O2Si2. The molecule has 0 saturated heterocycles. The van der Waals surface area contributed by atoms with Crippen LogP contribution in [0, 0.1) is 0 Å². The third kappa shape index (κ3) is 6.96. The van der Waals surface area contributed by atoms with Gasteiger partial charge in [-0.1, -0.05) is 174 Å². The third-order valence-electron chi connectivity index (χ3n) is 13.3. The van der Waals surface area contributed by atoms with Gasteiger partial charge in [-0.2, -0.15) is 0 Å². The first-order valence-corrected chi connectivity index (χ1v) is 25.3. The van der Waals surface area contributed by atoms with Crippen molar-refractivity contribution in [1.82, 2.24) is 0 Å². The zero-order valence-corrected chi connectivity index (χ0v) is 36.8. The van der Waals surface area contributed by atoms with Gasteiger partial charge in [0.15, 0.2) is 0 Å². The molecule has 4 aliphatic carbocycles. The van der Waals surface area contributed by atoms with Crippen LogP contribution in [0.2, 0.25) is 10.1 Å². The molecule has 4 aliphatic rings. The Morgan fingerprint density at radius 2 is 0.696 bits per heavy atom. The fourth-order valence-electron chi connectivity index (χ4n) is 10.7. The molecule has 4 aromatic carbocycles. The minimum atomic E-state index is -2.78. The number of rotatable bonds is 11. The van der Waals surface area contributed by atoms with Gasteiger partial charge in [-0.3, -0.25) is 0 Å². The predicted octanol–water partition coefficient (Wildman–Crippen LogP) is 12.0. The fraction of sp³-hybridized carbons (Fsp3) is 0.385. The molecule has 4 heteroatoms. The summed E-state index contributed by atoms with van der Waals surface area (Å²) in [5.74, 6) is 2.52. The van der Waals surface area contributed by atoms with Crippen LogP contribution in [-0.4, -0.2) is 16.6 Å².